The summed E-state index contributed by atoms with van der Waals surface area (Å²) in [6.07, 6.45) is 0. The Morgan fingerprint density at radius 1 is 1.41 bits per heavy atom. The molecule has 0 aliphatic carbocycles. The second-order valence-corrected chi connectivity index (χ2v) is 4.28. The Morgan fingerprint density at radius 2 is 1.94 bits per heavy atom. The van der Waals surface area contributed by atoms with Crippen LogP contribution in [0.15, 0.2) is 18.2 Å². The van der Waals surface area contributed by atoms with E-state index in [0.29, 0.717) is 0 Å². The van der Waals surface area contributed by atoms with Gasteiger partial charge in [0.15, 0.2) is 0 Å². The maximum atomic E-state index is 13.4. The summed E-state index contributed by atoms with van der Waals surface area (Å²) in [6.45, 7) is -0.285. The van der Waals surface area contributed by atoms with Crippen LogP contribution in [0.25, 0.3) is 0 Å². The highest BCUT2D eigenvalue weighted by Crippen LogP contribution is 2.35. The quantitative estimate of drug-likeness (QED) is 0.814. The monoisotopic (exact) mass is 261 g/mol. The molecule has 1 amide bonds. The molecule has 2 rings (SSSR count). The minimum Gasteiger partial charge on any atom is -0.381 e. The van der Waals surface area contributed by atoms with Crippen LogP contribution >= 0.6 is 11.6 Å². The van der Waals surface area contributed by atoms with E-state index in [-0.39, 0.29) is 24.9 Å². The number of nitrogens with zero attached hydrogens (tertiary/aromatic N) is 1. The lowest BCUT2D eigenvalue weighted by Gasteiger charge is -2.46. The Labute approximate surface area is 102 Å². The lowest BCUT2D eigenvalue weighted by molar-refractivity contribution is -0.155. The van der Waals surface area contributed by atoms with Crippen LogP contribution in [0.5, 0.6) is 0 Å². The Kier molecular flexibility index (Phi) is 3.05. The number of carbonyl (C=O) groups is 1. The normalized spacial score (nSPS) is 17.8. The third-order valence-corrected chi connectivity index (χ3v) is 3.03. The zero-order valence-corrected chi connectivity index (χ0v) is 9.55. The molecule has 3 nitrogen and oxygen atoms in total. The van der Waals surface area contributed by atoms with Gasteiger partial charge in [-0.25, -0.2) is 8.78 Å². The fourth-order valence-corrected chi connectivity index (χ4v) is 2.12. The summed E-state index contributed by atoms with van der Waals surface area (Å²) >= 11 is 5.34. The van der Waals surface area contributed by atoms with Crippen molar-refractivity contribution in [1.29, 1.82) is 0 Å². The van der Waals surface area contributed by atoms with E-state index in [0.717, 1.165) is 12.1 Å². The number of β-amino-alcohol motifs (C(OH)–C–C–N with tert-alkyl or cyclic N) is 1. The van der Waals surface area contributed by atoms with Crippen molar-refractivity contribution >= 4 is 17.5 Å². The molecule has 0 atom stereocenters. The van der Waals surface area contributed by atoms with Gasteiger partial charge in [-0.15, -0.1) is 11.6 Å². The van der Waals surface area contributed by atoms with Crippen molar-refractivity contribution in [3.8, 4) is 0 Å². The molecule has 0 spiro atoms. The second-order valence-electron chi connectivity index (χ2n) is 4.01. The summed E-state index contributed by atoms with van der Waals surface area (Å²) in [5.41, 5.74) is -2.05. The van der Waals surface area contributed by atoms with Gasteiger partial charge in [0.25, 0.3) is 0 Å². The number of likely N-dealkylation sites (tertiary alicyclic amines) is 1. The van der Waals surface area contributed by atoms with Crippen LogP contribution in [0.2, 0.25) is 0 Å². The molecule has 1 aromatic carbocycles. The number of hydrogen-bond donors (Lipinski definition) is 1. The molecular formula is C11H10ClF2NO2. The van der Waals surface area contributed by atoms with E-state index >= 15 is 0 Å². The molecule has 6 heteroatoms. The number of carbonyl (C=O) groups excluding carboxylic acids is 1. The van der Waals surface area contributed by atoms with E-state index in [9.17, 15) is 18.7 Å². The molecule has 0 aromatic heterocycles. The van der Waals surface area contributed by atoms with Crippen molar-refractivity contribution < 1.29 is 18.7 Å². The van der Waals surface area contributed by atoms with E-state index in [4.69, 9.17) is 11.6 Å². The molecule has 1 heterocycles. The van der Waals surface area contributed by atoms with Gasteiger partial charge in [0.05, 0.1) is 18.7 Å². The topological polar surface area (TPSA) is 40.5 Å². The molecule has 1 aromatic rings. The van der Waals surface area contributed by atoms with Crippen LogP contribution < -0.4 is 0 Å². The molecule has 0 unspecified atom stereocenters. The minimum atomic E-state index is -1.66. The largest absolute Gasteiger partial charge is 0.381 e. The summed E-state index contributed by atoms with van der Waals surface area (Å²) in [7, 11) is 0. The highest BCUT2D eigenvalue weighted by atomic mass is 35.5. The Bertz CT molecular complexity index is 441. The summed E-state index contributed by atoms with van der Waals surface area (Å²) in [5, 5.41) is 10.0. The van der Waals surface area contributed by atoms with Gasteiger partial charge in [-0.2, -0.15) is 0 Å². The van der Waals surface area contributed by atoms with Gasteiger partial charge >= 0.3 is 0 Å². The van der Waals surface area contributed by atoms with E-state index in [1.54, 1.807) is 0 Å². The van der Waals surface area contributed by atoms with Gasteiger partial charge in [-0.05, 0) is 12.1 Å². The van der Waals surface area contributed by atoms with Crippen molar-refractivity contribution in [3.05, 3.63) is 35.4 Å². The average molecular weight is 262 g/mol. The first-order valence-corrected chi connectivity index (χ1v) is 5.52. The number of amides is 1. The minimum absolute atomic E-state index is 0.142. The van der Waals surface area contributed by atoms with Gasteiger partial charge < -0.3 is 10.0 Å². The van der Waals surface area contributed by atoms with Gasteiger partial charge in [-0.1, -0.05) is 6.07 Å². The Morgan fingerprint density at radius 3 is 2.41 bits per heavy atom. The van der Waals surface area contributed by atoms with Crippen LogP contribution in [0.4, 0.5) is 8.78 Å². The van der Waals surface area contributed by atoms with Crippen molar-refractivity contribution in [2.75, 3.05) is 19.0 Å². The van der Waals surface area contributed by atoms with Crippen molar-refractivity contribution in [3.63, 3.8) is 0 Å². The zero-order chi connectivity index (χ0) is 12.6. The summed E-state index contributed by atoms with van der Waals surface area (Å²) in [5.74, 6) is -2.21. The maximum Gasteiger partial charge on any atom is 0.237 e. The highest BCUT2D eigenvalue weighted by Gasteiger charge is 2.47. The number of aliphatic hydroxyl groups is 1. The number of hydrogen-bond acceptors (Lipinski definition) is 2. The van der Waals surface area contributed by atoms with Gasteiger partial charge in [0, 0.05) is 0 Å². The molecule has 0 bridgehead atoms. The lowest BCUT2D eigenvalue weighted by atomic mass is 9.85. The van der Waals surface area contributed by atoms with Crippen LogP contribution in [0.1, 0.15) is 5.56 Å². The fraction of sp³-hybridized carbons (Fsp3) is 0.364. The smallest absolute Gasteiger partial charge is 0.237 e. The third-order valence-electron chi connectivity index (χ3n) is 2.80. The molecule has 92 valence electrons. The summed E-state index contributed by atoms with van der Waals surface area (Å²) in [6, 6.07) is 3.36. The standard InChI is InChI=1S/C11H10ClF2NO2/c12-4-9(16)15-5-11(17,6-15)10-7(13)2-1-3-8(10)14/h1-3,17H,4-6H2. The number of benzene rings is 1. The Hall–Kier alpha value is -1.20. The van der Waals surface area contributed by atoms with Crippen molar-refractivity contribution in [1.82, 2.24) is 4.90 Å². The molecule has 0 radical (unpaired) electrons. The molecule has 0 saturated carbocycles. The third kappa shape index (κ3) is 2.00. The van der Waals surface area contributed by atoms with E-state index in [2.05, 4.69) is 0 Å². The SMILES string of the molecule is O=C(CCl)N1CC(O)(c2c(F)cccc2F)C1. The predicted octanol–water partition coefficient (Wildman–Crippen LogP) is 1.23. The number of rotatable bonds is 2. The van der Waals surface area contributed by atoms with Gasteiger partial charge in [0.1, 0.15) is 23.1 Å². The molecule has 1 fully saturated rings. The molecule has 1 aliphatic heterocycles. The summed E-state index contributed by atoms with van der Waals surface area (Å²) in [4.78, 5) is 12.4. The first kappa shape index (κ1) is 12.3. The van der Waals surface area contributed by atoms with Crippen LogP contribution in [-0.4, -0.2) is 34.9 Å². The van der Waals surface area contributed by atoms with Crippen LogP contribution in [-0.2, 0) is 10.4 Å². The number of halogens is 3. The van der Waals surface area contributed by atoms with E-state index in [1.165, 1.54) is 11.0 Å². The zero-order valence-electron chi connectivity index (χ0n) is 8.79. The van der Waals surface area contributed by atoms with E-state index < -0.39 is 22.8 Å². The van der Waals surface area contributed by atoms with Gasteiger partial charge in [0.2, 0.25) is 5.91 Å². The second kappa shape index (κ2) is 4.23. The summed E-state index contributed by atoms with van der Waals surface area (Å²) < 4.78 is 26.9. The predicted molar refractivity (Wildman–Crippen MR) is 57.6 cm³/mol. The van der Waals surface area contributed by atoms with E-state index in [1.807, 2.05) is 0 Å². The average Bonchev–Trinajstić information content (AvgIpc) is 2.24. The molecular weight excluding hydrogens is 252 g/mol. The molecule has 17 heavy (non-hydrogen) atoms. The maximum absolute atomic E-state index is 13.4. The van der Waals surface area contributed by atoms with Crippen molar-refractivity contribution in [2.24, 2.45) is 0 Å². The van der Waals surface area contributed by atoms with Crippen molar-refractivity contribution in [2.45, 2.75) is 5.60 Å². The fourth-order valence-electron chi connectivity index (χ4n) is 1.95. The highest BCUT2D eigenvalue weighted by molar-refractivity contribution is 6.27. The van der Waals surface area contributed by atoms with Gasteiger partial charge in [-0.3, -0.25) is 4.79 Å². The lowest BCUT2D eigenvalue weighted by Crippen LogP contribution is -2.62. The first-order valence-electron chi connectivity index (χ1n) is 4.98. The molecule has 1 aliphatic rings. The van der Waals surface area contributed by atoms with Crippen LogP contribution in [0.3, 0.4) is 0 Å². The Balaban J connectivity index is 2.23. The first-order chi connectivity index (χ1) is 7.98. The number of alkyl halides is 1. The van der Waals surface area contributed by atoms with Crippen LogP contribution in [0, 0.1) is 11.6 Å². The molecule has 1 saturated heterocycles. The molecule has 1 N–H and O–H groups in total.